The zero-order valence-corrected chi connectivity index (χ0v) is 9.77. The maximum atomic E-state index is 10.5. The minimum Gasteiger partial charge on any atom is -0.465 e. The fourth-order valence-electron chi connectivity index (χ4n) is 1.02. The van der Waals surface area contributed by atoms with Crippen molar-refractivity contribution < 1.29 is 14.1 Å². The third-order valence-corrected chi connectivity index (χ3v) is 2.25. The molecule has 0 spiro atoms. The molecule has 88 valence electrons. The molecule has 0 aliphatic heterocycles. The second kappa shape index (κ2) is 5.45. The van der Waals surface area contributed by atoms with Gasteiger partial charge in [0.15, 0.2) is 5.76 Å². The summed E-state index contributed by atoms with van der Waals surface area (Å²) in [6.45, 7) is -0.387. The summed E-state index contributed by atoms with van der Waals surface area (Å²) in [7, 11) is 3.40. The van der Waals surface area contributed by atoms with E-state index in [2.05, 4.69) is 0 Å². The molecular formula is C9H12N2O4S. The number of nitro groups is 1. The Labute approximate surface area is 97.9 Å². The molecule has 0 N–H and O–H groups in total. The number of rotatable bonds is 4. The molecule has 16 heavy (non-hydrogen) atoms. The van der Waals surface area contributed by atoms with Gasteiger partial charge in [0.2, 0.25) is 12.6 Å². The Morgan fingerprint density at radius 2 is 2.44 bits per heavy atom. The highest BCUT2D eigenvalue weighted by atomic mass is 32.1. The monoisotopic (exact) mass is 244 g/mol. The van der Waals surface area contributed by atoms with Gasteiger partial charge in [0.25, 0.3) is 5.17 Å². The number of hydrogen-bond donors (Lipinski definition) is 0. The second-order valence-corrected chi connectivity index (χ2v) is 3.65. The maximum Gasteiger partial charge on any atom is 0.259 e. The van der Waals surface area contributed by atoms with Gasteiger partial charge in [-0.1, -0.05) is 0 Å². The molecule has 7 heteroatoms. The summed E-state index contributed by atoms with van der Waals surface area (Å²) in [6, 6.07) is 3.26. The van der Waals surface area contributed by atoms with Gasteiger partial charge in [-0.2, -0.15) is 0 Å². The van der Waals surface area contributed by atoms with Crippen LogP contribution in [0.4, 0.5) is 0 Å². The number of ether oxygens (including phenoxy) is 1. The molecule has 1 aromatic rings. The van der Waals surface area contributed by atoms with Crippen LogP contribution in [0, 0.1) is 10.1 Å². The van der Waals surface area contributed by atoms with Crippen LogP contribution in [0.5, 0.6) is 0 Å². The molecule has 1 heterocycles. The summed E-state index contributed by atoms with van der Waals surface area (Å²) >= 11 is 4.92. The molecule has 0 saturated heterocycles. The summed E-state index contributed by atoms with van der Waals surface area (Å²) < 4.78 is 10.4. The van der Waals surface area contributed by atoms with E-state index in [9.17, 15) is 10.1 Å². The highest BCUT2D eigenvalue weighted by Gasteiger charge is 2.24. The van der Waals surface area contributed by atoms with Crippen molar-refractivity contribution in [1.29, 1.82) is 0 Å². The summed E-state index contributed by atoms with van der Waals surface area (Å²) in [4.78, 5) is 11.6. The average molecular weight is 244 g/mol. The fraction of sp³-hybridized carbons (Fsp3) is 0.444. The van der Waals surface area contributed by atoms with Crippen LogP contribution in [0.1, 0.15) is 11.9 Å². The van der Waals surface area contributed by atoms with Crippen LogP contribution in [0.25, 0.3) is 0 Å². The van der Waals surface area contributed by atoms with Crippen LogP contribution >= 0.6 is 12.2 Å². The Morgan fingerprint density at radius 1 is 1.75 bits per heavy atom. The van der Waals surface area contributed by atoms with Crippen molar-refractivity contribution >= 4 is 17.4 Å². The van der Waals surface area contributed by atoms with Crippen molar-refractivity contribution in [2.75, 3.05) is 20.6 Å². The minimum absolute atomic E-state index is 0.184. The molecule has 1 aromatic heterocycles. The Balaban J connectivity index is 2.72. The van der Waals surface area contributed by atoms with Gasteiger partial charge in [0.1, 0.15) is 0 Å². The largest absolute Gasteiger partial charge is 0.465 e. The first-order valence-electron chi connectivity index (χ1n) is 4.54. The van der Waals surface area contributed by atoms with E-state index in [1.807, 2.05) is 0 Å². The molecule has 1 unspecified atom stereocenters. The predicted octanol–water partition coefficient (Wildman–Crippen LogP) is 1.46. The van der Waals surface area contributed by atoms with Gasteiger partial charge >= 0.3 is 0 Å². The number of furan rings is 1. The molecular weight excluding hydrogens is 232 g/mol. The van der Waals surface area contributed by atoms with Gasteiger partial charge in [0.05, 0.1) is 6.26 Å². The highest BCUT2D eigenvalue weighted by molar-refractivity contribution is 7.80. The highest BCUT2D eigenvalue weighted by Crippen LogP contribution is 2.19. The number of nitrogens with zero attached hydrogens (tertiary/aromatic N) is 2. The maximum absolute atomic E-state index is 10.5. The lowest BCUT2D eigenvalue weighted by molar-refractivity contribution is -0.491. The molecule has 0 amide bonds. The van der Waals surface area contributed by atoms with Crippen molar-refractivity contribution in [1.82, 2.24) is 4.90 Å². The molecule has 0 aliphatic carbocycles. The van der Waals surface area contributed by atoms with E-state index in [0.29, 0.717) is 5.76 Å². The van der Waals surface area contributed by atoms with Crippen LogP contribution < -0.4 is 0 Å². The standard InChI is InChI=1S/C9H12N2O4S/c1-10(2)9(16)15-8(6-11(12)13)7-4-3-5-14-7/h3-5,8H,6H2,1-2H3. The van der Waals surface area contributed by atoms with Crippen molar-refractivity contribution in [3.63, 3.8) is 0 Å². The molecule has 1 rings (SSSR count). The van der Waals surface area contributed by atoms with E-state index in [1.54, 1.807) is 31.1 Å². The Hall–Kier alpha value is -1.63. The molecule has 6 nitrogen and oxygen atoms in total. The molecule has 0 bridgehead atoms. The summed E-state index contributed by atoms with van der Waals surface area (Å²) in [5.41, 5.74) is 0. The molecule has 0 radical (unpaired) electrons. The zero-order chi connectivity index (χ0) is 12.1. The third-order valence-electron chi connectivity index (χ3n) is 1.78. The SMILES string of the molecule is CN(C)C(=S)OC(C[N+](=O)[O-])c1ccco1. The molecule has 0 saturated carbocycles. The first-order valence-corrected chi connectivity index (χ1v) is 4.94. The zero-order valence-electron chi connectivity index (χ0n) is 8.95. The van der Waals surface area contributed by atoms with E-state index in [1.165, 1.54) is 6.26 Å². The Bertz CT molecular complexity index is 364. The van der Waals surface area contributed by atoms with E-state index in [4.69, 9.17) is 21.4 Å². The van der Waals surface area contributed by atoms with E-state index >= 15 is 0 Å². The van der Waals surface area contributed by atoms with Crippen LogP contribution in [-0.4, -0.2) is 35.6 Å². The van der Waals surface area contributed by atoms with Crippen molar-refractivity contribution in [3.8, 4) is 0 Å². The Kier molecular flexibility index (Phi) is 4.24. The molecule has 0 fully saturated rings. The van der Waals surface area contributed by atoms with Crippen LogP contribution in [0.3, 0.4) is 0 Å². The molecule has 0 aliphatic rings. The van der Waals surface area contributed by atoms with Crippen LogP contribution in [-0.2, 0) is 4.74 Å². The van der Waals surface area contributed by atoms with E-state index < -0.39 is 11.0 Å². The summed E-state index contributed by atoms with van der Waals surface area (Å²) in [5.74, 6) is 0.390. The van der Waals surface area contributed by atoms with Crippen LogP contribution in [0.15, 0.2) is 22.8 Å². The quantitative estimate of drug-likeness (QED) is 0.453. The van der Waals surface area contributed by atoms with Crippen LogP contribution in [0.2, 0.25) is 0 Å². The predicted molar refractivity (Wildman–Crippen MR) is 60.7 cm³/mol. The second-order valence-electron chi connectivity index (χ2n) is 3.30. The lowest BCUT2D eigenvalue weighted by Gasteiger charge is -2.18. The lowest BCUT2D eigenvalue weighted by atomic mass is 10.3. The number of hydrogen-bond acceptors (Lipinski definition) is 5. The van der Waals surface area contributed by atoms with Crippen molar-refractivity contribution in [2.45, 2.75) is 6.10 Å². The first kappa shape index (κ1) is 12.4. The molecule has 1 atom stereocenters. The first-order chi connectivity index (χ1) is 7.50. The van der Waals surface area contributed by atoms with Gasteiger partial charge in [0, 0.05) is 19.0 Å². The van der Waals surface area contributed by atoms with Gasteiger partial charge in [-0.05, 0) is 24.4 Å². The van der Waals surface area contributed by atoms with Gasteiger partial charge in [-0.3, -0.25) is 10.1 Å². The fourth-order valence-corrected chi connectivity index (χ4v) is 1.14. The summed E-state index contributed by atoms with van der Waals surface area (Å²) in [5, 5.41) is 10.7. The van der Waals surface area contributed by atoms with Crippen molar-refractivity contribution in [2.24, 2.45) is 0 Å². The average Bonchev–Trinajstić information content (AvgIpc) is 2.68. The summed E-state index contributed by atoms with van der Waals surface area (Å²) in [6.07, 6.45) is 0.643. The van der Waals surface area contributed by atoms with Gasteiger partial charge in [-0.25, -0.2) is 0 Å². The smallest absolute Gasteiger partial charge is 0.259 e. The minimum atomic E-state index is -0.792. The number of thiocarbonyl (C=S) groups is 1. The lowest BCUT2D eigenvalue weighted by Crippen LogP contribution is -2.27. The van der Waals surface area contributed by atoms with E-state index in [-0.39, 0.29) is 11.7 Å². The molecule has 0 aromatic carbocycles. The van der Waals surface area contributed by atoms with Crippen molar-refractivity contribution in [3.05, 3.63) is 34.3 Å². The normalized spacial score (nSPS) is 11.9. The Morgan fingerprint density at radius 3 is 2.88 bits per heavy atom. The van der Waals surface area contributed by atoms with Gasteiger partial charge < -0.3 is 14.1 Å². The third kappa shape index (κ3) is 3.50. The van der Waals surface area contributed by atoms with E-state index in [0.717, 1.165) is 0 Å². The van der Waals surface area contributed by atoms with Gasteiger partial charge in [-0.15, -0.1) is 0 Å². The topological polar surface area (TPSA) is 68.8 Å².